The van der Waals surface area contributed by atoms with Crippen molar-refractivity contribution in [2.24, 2.45) is 5.10 Å². The molecular formula is C7H7N3O2. The summed E-state index contributed by atoms with van der Waals surface area (Å²) in [5.41, 5.74) is 2.93. The molecule has 2 aliphatic rings. The first kappa shape index (κ1) is 6.90. The van der Waals surface area contributed by atoms with E-state index in [1.165, 1.54) is 6.08 Å². The molecule has 2 rings (SSSR count). The number of aliphatic carboxylic acids is 1. The quantitative estimate of drug-likeness (QED) is 0.560. The zero-order chi connectivity index (χ0) is 8.55. The summed E-state index contributed by atoms with van der Waals surface area (Å²) in [6, 6.07) is 0. The van der Waals surface area contributed by atoms with Gasteiger partial charge in [0, 0.05) is 6.20 Å². The van der Waals surface area contributed by atoms with E-state index in [4.69, 9.17) is 5.11 Å². The van der Waals surface area contributed by atoms with Gasteiger partial charge in [0.25, 0.3) is 0 Å². The first-order chi connectivity index (χ1) is 5.79. The normalized spacial score (nSPS) is 19.5. The van der Waals surface area contributed by atoms with Crippen molar-refractivity contribution in [3.63, 3.8) is 0 Å². The fourth-order valence-electron chi connectivity index (χ4n) is 1.15. The number of amidine groups is 1. The molecule has 2 aliphatic heterocycles. The summed E-state index contributed by atoms with van der Waals surface area (Å²) in [4.78, 5) is 12.4. The van der Waals surface area contributed by atoms with Gasteiger partial charge in [-0.1, -0.05) is 0 Å². The maximum atomic E-state index is 10.7. The second-order valence-corrected chi connectivity index (χ2v) is 2.45. The van der Waals surface area contributed by atoms with Crippen molar-refractivity contribution in [2.45, 2.75) is 0 Å². The van der Waals surface area contributed by atoms with Gasteiger partial charge in [-0.15, -0.1) is 0 Å². The van der Waals surface area contributed by atoms with Gasteiger partial charge in [0.1, 0.15) is 12.2 Å². The van der Waals surface area contributed by atoms with Crippen molar-refractivity contribution >= 4 is 11.8 Å². The highest BCUT2D eigenvalue weighted by Gasteiger charge is 2.25. The summed E-state index contributed by atoms with van der Waals surface area (Å²) < 4.78 is 0. The smallest absolute Gasteiger partial charge is 0.339 e. The first-order valence-corrected chi connectivity index (χ1v) is 3.48. The number of carboxylic acids is 1. The topological polar surface area (TPSA) is 64.9 Å². The molecule has 0 aromatic heterocycles. The molecule has 5 nitrogen and oxygen atoms in total. The number of fused-ring (bicyclic) bond motifs is 1. The summed E-state index contributed by atoms with van der Waals surface area (Å²) in [6.45, 7) is 0.538. The molecular weight excluding hydrogens is 158 g/mol. The Balaban J connectivity index is 2.38. The molecule has 0 amide bonds. The van der Waals surface area contributed by atoms with Crippen molar-refractivity contribution in [3.05, 3.63) is 23.9 Å². The third kappa shape index (κ3) is 0.868. The molecule has 0 radical (unpaired) electrons. The predicted octanol–water partition coefficient (Wildman–Crippen LogP) is -0.299. The molecule has 0 aliphatic carbocycles. The minimum atomic E-state index is -0.952. The van der Waals surface area contributed by atoms with Crippen LogP contribution in [0.3, 0.4) is 0 Å². The van der Waals surface area contributed by atoms with E-state index in [1.54, 1.807) is 17.2 Å². The number of nitrogens with zero attached hydrogens (tertiary/aromatic N) is 2. The zero-order valence-electron chi connectivity index (χ0n) is 6.19. The number of nitrogens with one attached hydrogen (secondary N) is 1. The van der Waals surface area contributed by atoms with Crippen LogP contribution < -0.4 is 5.43 Å². The Morgan fingerprint density at radius 3 is 3.33 bits per heavy atom. The highest BCUT2D eigenvalue weighted by molar-refractivity contribution is 6.19. The number of carbonyl (C=O) groups is 1. The van der Waals surface area contributed by atoms with Gasteiger partial charge < -0.3 is 10.0 Å². The number of carboxylic acid groups (broad SMARTS) is 1. The van der Waals surface area contributed by atoms with E-state index in [0.717, 1.165) is 0 Å². The lowest BCUT2D eigenvalue weighted by Crippen LogP contribution is -2.29. The molecule has 12 heavy (non-hydrogen) atoms. The van der Waals surface area contributed by atoms with Crippen LogP contribution in [0.5, 0.6) is 0 Å². The van der Waals surface area contributed by atoms with Crippen molar-refractivity contribution in [1.29, 1.82) is 0 Å². The average Bonchev–Trinajstić information content (AvgIpc) is 2.49. The summed E-state index contributed by atoms with van der Waals surface area (Å²) in [5, 5.41) is 12.6. The molecule has 2 N–H and O–H groups in total. The third-order valence-electron chi connectivity index (χ3n) is 1.70. The van der Waals surface area contributed by atoms with Gasteiger partial charge in [0.05, 0.1) is 0 Å². The Bertz CT molecular complexity index is 317. The molecule has 62 valence electrons. The molecule has 2 heterocycles. The van der Waals surface area contributed by atoms with Crippen LogP contribution in [0.25, 0.3) is 0 Å². The lowest BCUT2D eigenvalue weighted by molar-refractivity contribution is -0.132. The van der Waals surface area contributed by atoms with Crippen molar-refractivity contribution in [2.75, 3.05) is 6.67 Å². The predicted molar refractivity (Wildman–Crippen MR) is 42.1 cm³/mol. The van der Waals surface area contributed by atoms with Crippen LogP contribution in [0.1, 0.15) is 0 Å². The van der Waals surface area contributed by atoms with Crippen LogP contribution >= 0.6 is 0 Å². The second-order valence-electron chi connectivity index (χ2n) is 2.45. The molecule has 0 atom stereocenters. The molecule has 0 aromatic carbocycles. The van der Waals surface area contributed by atoms with Gasteiger partial charge in [-0.2, -0.15) is 5.10 Å². The van der Waals surface area contributed by atoms with Crippen molar-refractivity contribution < 1.29 is 9.90 Å². The van der Waals surface area contributed by atoms with Gasteiger partial charge in [0.2, 0.25) is 0 Å². The maximum Gasteiger partial charge on any atom is 0.339 e. The lowest BCUT2D eigenvalue weighted by atomic mass is 10.2. The summed E-state index contributed by atoms with van der Waals surface area (Å²) in [6.07, 6.45) is 5.01. The van der Waals surface area contributed by atoms with Crippen LogP contribution in [-0.4, -0.2) is 28.5 Å². The van der Waals surface area contributed by atoms with Crippen LogP contribution in [0.2, 0.25) is 0 Å². The van der Waals surface area contributed by atoms with Crippen LogP contribution in [-0.2, 0) is 4.79 Å². The molecule has 0 bridgehead atoms. The number of hydrogen-bond donors (Lipinski definition) is 2. The summed E-state index contributed by atoms with van der Waals surface area (Å²) in [7, 11) is 0. The summed E-state index contributed by atoms with van der Waals surface area (Å²) >= 11 is 0. The number of rotatable bonds is 1. The van der Waals surface area contributed by atoms with Crippen LogP contribution in [0, 0.1) is 0 Å². The van der Waals surface area contributed by atoms with Crippen LogP contribution in [0.15, 0.2) is 29.0 Å². The van der Waals surface area contributed by atoms with E-state index < -0.39 is 5.97 Å². The monoisotopic (exact) mass is 165 g/mol. The van der Waals surface area contributed by atoms with Crippen molar-refractivity contribution in [1.82, 2.24) is 10.3 Å². The standard InChI is InChI=1S/C7H7N3O2/c11-7(12)5-2-1-3-10-4-8-9-6(5)10/h1-3,8H,4H2,(H,11,12). The number of allylic oxidation sites excluding steroid dienone is 2. The molecule has 0 aromatic rings. The van der Waals surface area contributed by atoms with Crippen LogP contribution in [0.4, 0.5) is 0 Å². The molecule has 0 spiro atoms. The van der Waals surface area contributed by atoms with Gasteiger partial charge in [-0.05, 0) is 12.2 Å². The fourth-order valence-corrected chi connectivity index (χ4v) is 1.15. The fraction of sp³-hybridized carbons (Fsp3) is 0.143. The molecule has 0 unspecified atom stereocenters. The van der Waals surface area contributed by atoms with E-state index >= 15 is 0 Å². The largest absolute Gasteiger partial charge is 0.478 e. The maximum absolute atomic E-state index is 10.7. The van der Waals surface area contributed by atoms with Gasteiger partial charge >= 0.3 is 5.97 Å². The third-order valence-corrected chi connectivity index (χ3v) is 1.70. The zero-order valence-corrected chi connectivity index (χ0v) is 6.19. The SMILES string of the molecule is O=C(O)C1=CC=CN2CNN=C12. The minimum absolute atomic E-state index is 0.225. The number of hydrogen-bond acceptors (Lipinski definition) is 4. The Hall–Kier alpha value is -1.78. The van der Waals surface area contributed by atoms with E-state index in [0.29, 0.717) is 12.5 Å². The van der Waals surface area contributed by atoms with E-state index in [1.807, 2.05) is 0 Å². The van der Waals surface area contributed by atoms with Gasteiger partial charge in [0.15, 0.2) is 5.84 Å². The van der Waals surface area contributed by atoms with Crippen molar-refractivity contribution in [3.8, 4) is 0 Å². The highest BCUT2D eigenvalue weighted by atomic mass is 16.4. The minimum Gasteiger partial charge on any atom is -0.478 e. The van der Waals surface area contributed by atoms with Gasteiger partial charge in [-0.3, -0.25) is 5.43 Å². The Kier molecular flexibility index (Phi) is 1.36. The molecule has 0 saturated heterocycles. The van der Waals surface area contributed by atoms with E-state index in [9.17, 15) is 4.79 Å². The Labute approximate surface area is 68.7 Å². The number of hydrazone groups is 1. The Morgan fingerprint density at radius 2 is 2.58 bits per heavy atom. The lowest BCUT2D eigenvalue weighted by Gasteiger charge is -2.16. The summed E-state index contributed by atoms with van der Waals surface area (Å²) in [5.74, 6) is -0.475. The van der Waals surface area contributed by atoms with Gasteiger partial charge in [-0.25, -0.2) is 4.79 Å². The average molecular weight is 165 g/mol. The Morgan fingerprint density at radius 1 is 1.75 bits per heavy atom. The van der Waals surface area contributed by atoms with E-state index in [-0.39, 0.29) is 5.57 Å². The first-order valence-electron chi connectivity index (χ1n) is 3.48. The van der Waals surface area contributed by atoms with E-state index in [2.05, 4.69) is 10.5 Å². The molecule has 5 heteroatoms. The molecule has 0 fully saturated rings. The highest BCUT2D eigenvalue weighted by Crippen LogP contribution is 2.13. The second kappa shape index (κ2) is 2.37. The molecule has 0 saturated carbocycles.